The van der Waals surface area contributed by atoms with Crippen molar-refractivity contribution >= 4 is 34.0 Å². The number of nitrogens with two attached hydrogens (primary N) is 1. The van der Waals surface area contributed by atoms with Gasteiger partial charge in [-0.05, 0) is 41.2 Å². The maximum Gasteiger partial charge on any atom is 0.233 e. The molecule has 1 aliphatic carbocycles. The van der Waals surface area contributed by atoms with E-state index in [0.29, 0.717) is 6.41 Å². The third-order valence-electron chi connectivity index (χ3n) is 3.85. The van der Waals surface area contributed by atoms with Crippen LogP contribution >= 0.6 is 11.8 Å². The van der Waals surface area contributed by atoms with Gasteiger partial charge in [-0.25, -0.2) is 4.99 Å². The second-order valence-corrected chi connectivity index (χ2v) is 6.40. The average Bonchev–Trinajstić information content (AvgIpc) is 3.08. The van der Waals surface area contributed by atoms with E-state index < -0.39 is 0 Å². The summed E-state index contributed by atoms with van der Waals surface area (Å²) in [7, 11) is 0. The number of benzene rings is 2. The van der Waals surface area contributed by atoms with Crippen LogP contribution < -0.4 is 5.73 Å². The van der Waals surface area contributed by atoms with Crippen LogP contribution in [0.5, 0.6) is 0 Å². The Labute approximate surface area is 134 Å². The molecule has 4 heteroatoms. The van der Waals surface area contributed by atoms with Crippen LogP contribution in [0.1, 0.15) is 30.2 Å². The second kappa shape index (κ2) is 6.90. The summed E-state index contributed by atoms with van der Waals surface area (Å²) in [6.45, 7) is 0. The maximum absolute atomic E-state index is 10.8. The van der Waals surface area contributed by atoms with Crippen LogP contribution in [-0.2, 0) is 4.79 Å². The number of rotatable bonds is 4. The van der Waals surface area contributed by atoms with Gasteiger partial charge in [-0.2, -0.15) is 0 Å². The molecule has 0 saturated carbocycles. The quantitative estimate of drug-likeness (QED) is 0.398. The van der Waals surface area contributed by atoms with E-state index in [1.807, 2.05) is 24.3 Å². The standard InChI is InChI=1S/C18H18N2OS/c19-17(22-18(20-12-21)14-7-1-2-8-14)16-11-5-9-13-6-3-4-10-15(13)16/h3-7,9-12,17H,1-2,8,19H2. The zero-order valence-corrected chi connectivity index (χ0v) is 13.1. The first-order valence-electron chi connectivity index (χ1n) is 7.40. The average molecular weight is 310 g/mol. The molecule has 0 bridgehead atoms. The van der Waals surface area contributed by atoms with Crippen LogP contribution in [0.2, 0.25) is 0 Å². The summed E-state index contributed by atoms with van der Waals surface area (Å²) >= 11 is 1.46. The van der Waals surface area contributed by atoms with E-state index in [9.17, 15) is 4.79 Å². The Balaban J connectivity index is 1.90. The molecule has 0 aromatic heterocycles. The summed E-state index contributed by atoms with van der Waals surface area (Å²) in [5.41, 5.74) is 8.61. The molecule has 1 amide bonds. The van der Waals surface area contributed by atoms with Crippen molar-refractivity contribution in [3.05, 3.63) is 59.7 Å². The first kappa shape index (κ1) is 15.0. The highest BCUT2D eigenvalue weighted by Crippen LogP contribution is 2.34. The van der Waals surface area contributed by atoms with Gasteiger partial charge in [-0.1, -0.05) is 60.3 Å². The first-order valence-corrected chi connectivity index (χ1v) is 8.28. The van der Waals surface area contributed by atoms with Crippen molar-refractivity contribution in [1.82, 2.24) is 0 Å². The Kier molecular flexibility index (Phi) is 4.71. The summed E-state index contributed by atoms with van der Waals surface area (Å²) in [6.07, 6.45) is 5.92. The van der Waals surface area contributed by atoms with Gasteiger partial charge in [-0.15, -0.1) is 0 Å². The molecule has 0 radical (unpaired) electrons. The minimum atomic E-state index is -0.244. The monoisotopic (exact) mass is 310 g/mol. The number of hydrogen-bond acceptors (Lipinski definition) is 3. The van der Waals surface area contributed by atoms with Crippen molar-refractivity contribution in [2.75, 3.05) is 0 Å². The summed E-state index contributed by atoms with van der Waals surface area (Å²) in [5.74, 6) is 0. The van der Waals surface area contributed by atoms with E-state index in [0.717, 1.165) is 40.8 Å². The summed E-state index contributed by atoms with van der Waals surface area (Å²) in [4.78, 5) is 14.8. The fourth-order valence-electron chi connectivity index (χ4n) is 2.78. The Morgan fingerprint density at radius 1 is 1.23 bits per heavy atom. The SMILES string of the molecule is NC(SC(=NC=O)C1=CCCC1)c1cccc2ccccc12. The molecule has 0 fully saturated rings. The number of hydrogen-bond donors (Lipinski definition) is 1. The lowest BCUT2D eigenvalue weighted by Crippen LogP contribution is -2.11. The van der Waals surface area contributed by atoms with Gasteiger partial charge in [0, 0.05) is 0 Å². The number of fused-ring (bicyclic) bond motifs is 1. The predicted molar refractivity (Wildman–Crippen MR) is 93.9 cm³/mol. The van der Waals surface area contributed by atoms with Gasteiger partial charge < -0.3 is 5.73 Å². The number of nitrogens with zero attached hydrogens (tertiary/aromatic N) is 1. The molecule has 0 heterocycles. The Morgan fingerprint density at radius 3 is 2.82 bits per heavy atom. The molecule has 1 atom stereocenters. The molecule has 3 nitrogen and oxygen atoms in total. The van der Waals surface area contributed by atoms with Gasteiger partial charge in [0.15, 0.2) is 0 Å². The van der Waals surface area contributed by atoms with Gasteiger partial charge in [0.2, 0.25) is 6.41 Å². The van der Waals surface area contributed by atoms with E-state index in [2.05, 4.69) is 29.3 Å². The molecule has 2 N–H and O–H groups in total. The summed E-state index contributed by atoms with van der Waals surface area (Å²) < 4.78 is 0. The van der Waals surface area contributed by atoms with Crippen LogP contribution in [0, 0.1) is 0 Å². The molecule has 2 aromatic carbocycles. The van der Waals surface area contributed by atoms with Crippen LogP contribution in [0.3, 0.4) is 0 Å². The van der Waals surface area contributed by atoms with Crippen LogP contribution in [0.4, 0.5) is 0 Å². The van der Waals surface area contributed by atoms with E-state index in [4.69, 9.17) is 5.73 Å². The van der Waals surface area contributed by atoms with Crippen molar-refractivity contribution in [1.29, 1.82) is 0 Å². The molecular formula is C18H18N2OS. The molecule has 1 aliphatic rings. The lowest BCUT2D eigenvalue weighted by atomic mass is 10.0. The molecule has 0 aliphatic heterocycles. The van der Waals surface area contributed by atoms with Gasteiger partial charge in [0.05, 0.1) is 5.37 Å². The highest BCUT2D eigenvalue weighted by molar-refractivity contribution is 8.14. The third-order valence-corrected chi connectivity index (χ3v) is 4.95. The smallest absolute Gasteiger partial charge is 0.233 e. The summed E-state index contributed by atoms with van der Waals surface area (Å²) in [5, 5.41) is 2.83. The Morgan fingerprint density at radius 2 is 2.05 bits per heavy atom. The third kappa shape index (κ3) is 3.13. The fourth-order valence-corrected chi connectivity index (χ4v) is 3.80. The van der Waals surface area contributed by atoms with Crippen LogP contribution in [-0.4, -0.2) is 11.5 Å². The highest BCUT2D eigenvalue weighted by atomic mass is 32.2. The summed E-state index contributed by atoms with van der Waals surface area (Å²) in [6, 6.07) is 14.3. The van der Waals surface area contributed by atoms with Crippen molar-refractivity contribution in [3.63, 3.8) is 0 Å². The van der Waals surface area contributed by atoms with Crippen molar-refractivity contribution in [2.24, 2.45) is 10.7 Å². The number of aliphatic imine (C=N–C) groups is 1. The fraction of sp³-hybridized carbons (Fsp3) is 0.222. The topological polar surface area (TPSA) is 55.4 Å². The lowest BCUT2D eigenvalue weighted by molar-refractivity contribution is -0.106. The second-order valence-electron chi connectivity index (χ2n) is 5.27. The molecule has 22 heavy (non-hydrogen) atoms. The van der Waals surface area contributed by atoms with E-state index in [1.165, 1.54) is 17.1 Å². The first-order chi connectivity index (χ1) is 10.8. The largest absolute Gasteiger partial charge is 0.315 e. The van der Waals surface area contributed by atoms with Gasteiger partial charge in [-0.3, -0.25) is 4.79 Å². The van der Waals surface area contributed by atoms with Crippen LogP contribution in [0.15, 0.2) is 59.1 Å². The van der Waals surface area contributed by atoms with E-state index >= 15 is 0 Å². The number of amides is 1. The molecule has 0 saturated heterocycles. The van der Waals surface area contributed by atoms with E-state index in [-0.39, 0.29) is 5.37 Å². The molecule has 0 spiro atoms. The van der Waals surface area contributed by atoms with Gasteiger partial charge >= 0.3 is 0 Å². The predicted octanol–water partition coefficient (Wildman–Crippen LogP) is 4.20. The van der Waals surface area contributed by atoms with Crippen molar-refractivity contribution < 1.29 is 4.79 Å². The van der Waals surface area contributed by atoms with Crippen LogP contribution in [0.25, 0.3) is 10.8 Å². The lowest BCUT2D eigenvalue weighted by Gasteiger charge is -2.16. The minimum absolute atomic E-state index is 0.244. The maximum atomic E-state index is 10.8. The van der Waals surface area contributed by atoms with Gasteiger partial charge in [0.25, 0.3) is 0 Å². The number of allylic oxidation sites excluding steroid dienone is 1. The number of carbonyl (C=O) groups excluding carboxylic acids is 1. The zero-order chi connectivity index (χ0) is 15.4. The Hall–Kier alpha value is -1.91. The molecule has 112 valence electrons. The Bertz CT molecular complexity index is 746. The molecule has 2 aromatic rings. The normalized spacial score (nSPS) is 16.6. The number of thioether (sulfide) groups is 1. The van der Waals surface area contributed by atoms with E-state index in [1.54, 1.807) is 0 Å². The minimum Gasteiger partial charge on any atom is -0.315 e. The molecule has 1 unspecified atom stereocenters. The molecule has 3 rings (SSSR count). The molecular weight excluding hydrogens is 292 g/mol. The van der Waals surface area contributed by atoms with Crippen molar-refractivity contribution in [2.45, 2.75) is 24.6 Å². The van der Waals surface area contributed by atoms with Crippen molar-refractivity contribution in [3.8, 4) is 0 Å². The van der Waals surface area contributed by atoms with Gasteiger partial charge in [0.1, 0.15) is 5.04 Å². The number of carbonyl (C=O) groups is 1. The highest BCUT2D eigenvalue weighted by Gasteiger charge is 2.18. The zero-order valence-electron chi connectivity index (χ0n) is 12.2.